The quantitative estimate of drug-likeness (QED) is 0.629. The largest absolute Gasteiger partial charge is 0.352 e. The lowest BCUT2D eigenvalue weighted by Gasteiger charge is -2.12. The number of carbonyl (C=O) groups excluding carboxylic acids is 2. The first kappa shape index (κ1) is 13.5. The molecule has 0 aliphatic heterocycles. The van der Waals surface area contributed by atoms with Gasteiger partial charge in [0.2, 0.25) is 5.91 Å². The third-order valence-electron chi connectivity index (χ3n) is 2.92. The van der Waals surface area contributed by atoms with Crippen LogP contribution in [0.3, 0.4) is 0 Å². The molecule has 1 unspecified atom stereocenters. The predicted molar refractivity (Wildman–Crippen MR) is 69.4 cm³/mol. The van der Waals surface area contributed by atoms with E-state index in [-0.39, 0.29) is 17.9 Å². The molecule has 1 aliphatic rings. The molecule has 19 heavy (non-hydrogen) atoms. The number of amides is 2. The number of aromatic nitrogens is 2. The minimum atomic E-state index is -0.562. The standard InChI is InChI=1S/C12H19N5O2/c1-8(11(18)16-9-2-3-9)15-12(19)10-6-17(5-4-13)7-14-10/h6-9H,2-5,13H2,1H3,(H,15,19)(H,16,18). The Labute approximate surface area is 111 Å². The van der Waals surface area contributed by atoms with Crippen molar-refractivity contribution in [1.82, 2.24) is 20.2 Å². The van der Waals surface area contributed by atoms with E-state index < -0.39 is 6.04 Å². The van der Waals surface area contributed by atoms with Gasteiger partial charge in [-0.3, -0.25) is 9.59 Å². The van der Waals surface area contributed by atoms with Gasteiger partial charge in [-0.2, -0.15) is 0 Å². The Morgan fingerprint density at radius 3 is 2.95 bits per heavy atom. The van der Waals surface area contributed by atoms with Gasteiger partial charge in [0.1, 0.15) is 11.7 Å². The Balaban J connectivity index is 1.86. The molecule has 1 heterocycles. The van der Waals surface area contributed by atoms with E-state index in [0.717, 1.165) is 12.8 Å². The Morgan fingerprint density at radius 1 is 1.58 bits per heavy atom. The van der Waals surface area contributed by atoms with Gasteiger partial charge in [-0.1, -0.05) is 0 Å². The summed E-state index contributed by atoms with van der Waals surface area (Å²) in [7, 11) is 0. The van der Waals surface area contributed by atoms with Gasteiger partial charge in [-0.15, -0.1) is 0 Å². The zero-order valence-electron chi connectivity index (χ0n) is 10.9. The summed E-state index contributed by atoms with van der Waals surface area (Å²) < 4.78 is 1.74. The van der Waals surface area contributed by atoms with Gasteiger partial charge in [0.25, 0.3) is 5.91 Å². The maximum atomic E-state index is 11.9. The number of rotatable bonds is 6. The highest BCUT2D eigenvalue weighted by molar-refractivity contribution is 5.95. The predicted octanol–water partition coefficient (Wildman–Crippen LogP) is -0.761. The molecule has 7 nitrogen and oxygen atoms in total. The second-order valence-electron chi connectivity index (χ2n) is 4.76. The highest BCUT2D eigenvalue weighted by Crippen LogP contribution is 2.18. The summed E-state index contributed by atoms with van der Waals surface area (Å²) in [5.41, 5.74) is 5.71. The molecule has 1 fully saturated rings. The van der Waals surface area contributed by atoms with Crippen LogP contribution >= 0.6 is 0 Å². The van der Waals surface area contributed by atoms with Crippen LogP contribution in [0.5, 0.6) is 0 Å². The Morgan fingerprint density at radius 2 is 2.32 bits per heavy atom. The molecule has 1 aromatic heterocycles. The van der Waals surface area contributed by atoms with Crippen molar-refractivity contribution < 1.29 is 9.59 Å². The minimum absolute atomic E-state index is 0.155. The van der Waals surface area contributed by atoms with Crippen LogP contribution in [0.1, 0.15) is 30.3 Å². The molecule has 7 heteroatoms. The number of hydrogen-bond donors (Lipinski definition) is 3. The van der Waals surface area contributed by atoms with Gasteiger partial charge >= 0.3 is 0 Å². The minimum Gasteiger partial charge on any atom is -0.352 e. The van der Waals surface area contributed by atoms with E-state index in [1.165, 1.54) is 0 Å². The Bertz CT molecular complexity index is 466. The van der Waals surface area contributed by atoms with E-state index in [1.807, 2.05) is 0 Å². The fourth-order valence-corrected chi connectivity index (χ4v) is 1.64. The monoisotopic (exact) mass is 265 g/mol. The van der Waals surface area contributed by atoms with Gasteiger partial charge in [0, 0.05) is 25.3 Å². The van der Waals surface area contributed by atoms with Crippen molar-refractivity contribution in [2.45, 2.75) is 38.4 Å². The van der Waals surface area contributed by atoms with Crippen molar-refractivity contribution in [3.05, 3.63) is 18.2 Å². The second-order valence-corrected chi connectivity index (χ2v) is 4.76. The first-order valence-electron chi connectivity index (χ1n) is 6.43. The Kier molecular flexibility index (Phi) is 4.16. The van der Waals surface area contributed by atoms with Crippen LogP contribution in [0.25, 0.3) is 0 Å². The third-order valence-corrected chi connectivity index (χ3v) is 2.92. The highest BCUT2D eigenvalue weighted by atomic mass is 16.2. The molecule has 1 saturated carbocycles. The topological polar surface area (TPSA) is 102 Å². The molecule has 0 bridgehead atoms. The van der Waals surface area contributed by atoms with Crippen LogP contribution in [0.2, 0.25) is 0 Å². The molecule has 0 aromatic carbocycles. The van der Waals surface area contributed by atoms with Crippen LogP contribution in [0.15, 0.2) is 12.5 Å². The summed E-state index contributed by atoms with van der Waals surface area (Å²) in [5, 5.41) is 5.47. The molecule has 1 atom stereocenters. The zero-order chi connectivity index (χ0) is 13.8. The number of hydrogen-bond acceptors (Lipinski definition) is 4. The average Bonchev–Trinajstić information content (AvgIpc) is 3.05. The Hall–Kier alpha value is -1.89. The highest BCUT2D eigenvalue weighted by Gasteiger charge is 2.26. The van der Waals surface area contributed by atoms with Crippen molar-refractivity contribution in [3.63, 3.8) is 0 Å². The lowest BCUT2D eigenvalue weighted by atomic mass is 10.3. The first-order valence-corrected chi connectivity index (χ1v) is 6.43. The van der Waals surface area contributed by atoms with Crippen LogP contribution in [-0.4, -0.2) is 40.0 Å². The van der Waals surface area contributed by atoms with E-state index in [9.17, 15) is 9.59 Å². The maximum absolute atomic E-state index is 11.9. The molecule has 2 rings (SSSR count). The lowest BCUT2D eigenvalue weighted by Crippen LogP contribution is -2.45. The molecule has 0 saturated heterocycles. The third kappa shape index (κ3) is 3.78. The molecule has 1 aromatic rings. The van der Waals surface area contributed by atoms with Crippen molar-refractivity contribution in [3.8, 4) is 0 Å². The molecule has 4 N–H and O–H groups in total. The summed E-state index contributed by atoms with van der Waals surface area (Å²) in [6, 6.07) is -0.275. The van der Waals surface area contributed by atoms with Crippen LogP contribution < -0.4 is 16.4 Å². The molecule has 1 aliphatic carbocycles. The maximum Gasteiger partial charge on any atom is 0.272 e. The first-order chi connectivity index (χ1) is 9.10. The number of carbonyl (C=O) groups is 2. The van der Waals surface area contributed by atoms with E-state index in [4.69, 9.17) is 5.73 Å². The summed E-state index contributed by atoms with van der Waals surface area (Å²) in [4.78, 5) is 27.6. The number of imidazole rings is 1. The summed E-state index contributed by atoms with van der Waals surface area (Å²) in [6.07, 6.45) is 5.22. The van der Waals surface area contributed by atoms with Crippen molar-refractivity contribution in [2.24, 2.45) is 5.73 Å². The van der Waals surface area contributed by atoms with E-state index in [1.54, 1.807) is 24.0 Å². The smallest absolute Gasteiger partial charge is 0.272 e. The summed E-state index contributed by atoms with van der Waals surface area (Å²) in [5.74, 6) is -0.508. The molecule has 2 amide bonds. The van der Waals surface area contributed by atoms with Gasteiger partial charge < -0.3 is 20.9 Å². The zero-order valence-corrected chi connectivity index (χ0v) is 10.9. The van der Waals surface area contributed by atoms with E-state index in [0.29, 0.717) is 18.8 Å². The lowest BCUT2D eigenvalue weighted by molar-refractivity contribution is -0.122. The van der Waals surface area contributed by atoms with Crippen LogP contribution in [0.4, 0.5) is 0 Å². The van der Waals surface area contributed by atoms with Gasteiger partial charge in [-0.25, -0.2) is 4.98 Å². The van der Waals surface area contributed by atoms with Crippen molar-refractivity contribution in [1.29, 1.82) is 0 Å². The molecular weight excluding hydrogens is 246 g/mol. The van der Waals surface area contributed by atoms with E-state index >= 15 is 0 Å². The fraction of sp³-hybridized carbons (Fsp3) is 0.583. The van der Waals surface area contributed by atoms with Crippen molar-refractivity contribution in [2.75, 3.05) is 6.54 Å². The normalized spacial score (nSPS) is 15.9. The second kappa shape index (κ2) is 5.83. The van der Waals surface area contributed by atoms with Crippen molar-refractivity contribution >= 4 is 11.8 Å². The van der Waals surface area contributed by atoms with Gasteiger partial charge in [0.05, 0.1) is 6.33 Å². The van der Waals surface area contributed by atoms with E-state index in [2.05, 4.69) is 15.6 Å². The summed E-state index contributed by atoms with van der Waals surface area (Å²) in [6.45, 7) is 2.75. The van der Waals surface area contributed by atoms with Crippen LogP contribution in [-0.2, 0) is 11.3 Å². The SMILES string of the molecule is CC(NC(=O)c1cn(CCN)cn1)C(=O)NC1CC1. The molecular formula is C12H19N5O2. The summed E-state index contributed by atoms with van der Waals surface area (Å²) >= 11 is 0. The molecule has 0 radical (unpaired) electrons. The average molecular weight is 265 g/mol. The molecule has 0 spiro atoms. The number of nitrogens with one attached hydrogen (secondary N) is 2. The fourth-order valence-electron chi connectivity index (χ4n) is 1.64. The molecule has 104 valence electrons. The number of nitrogens with two attached hydrogens (primary N) is 1. The van der Waals surface area contributed by atoms with Crippen LogP contribution in [0, 0.1) is 0 Å². The van der Waals surface area contributed by atoms with Gasteiger partial charge in [0.15, 0.2) is 0 Å². The number of nitrogens with zero attached hydrogens (tertiary/aromatic N) is 2. The van der Waals surface area contributed by atoms with Gasteiger partial charge in [-0.05, 0) is 19.8 Å².